The minimum atomic E-state index is -2.13. The van der Waals surface area contributed by atoms with Crippen LogP contribution in [0.5, 0.6) is 0 Å². The van der Waals surface area contributed by atoms with Gasteiger partial charge in [0.2, 0.25) is 0 Å². The maximum Gasteiger partial charge on any atom is 0.309 e. The van der Waals surface area contributed by atoms with Gasteiger partial charge in [0, 0.05) is 0 Å². The van der Waals surface area contributed by atoms with Crippen LogP contribution >= 0.6 is 0 Å². The predicted octanol–water partition coefficient (Wildman–Crippen LogP) is 4.55. The molecule has 2 atom stereocenters. The highest BCUT2D eigenvalue weighted by Crippen LogP contribution is 2.49. The molecule has 0 bridgehead atoms. The van der Waals surface area contributed by atoms with Crippen molar-refractivity contribution in [3.63, 3.8) is 0 Å². The van der Waals surface area contributed by atoms with E-state index < -0.39 is 19.7 Å². The Morgan fingerprint density at radius 1 is 1.14 bits per heavy atom. The lowest BCUT2D eigenvalue weighted by Crippen LogP contribution is -2.48. The largest absolute Gasteiger partial charge is 0.463 e. The molecular weight excluding hydrogens is 292 g/mol. The van der Waals surface area contributed by atoms with Crippen LogP contribution in [-0.4, -0.2) is 25.3 Å². The molecule has 0 saturated heterocycles. The van der Waals surface area contributed by atoms with Gasteiger partial charge in [-0.3, -0.25) is 4.79 Å². The molecule has 1 aromatic rings. The van der Waals surface area contributed by atoms with Crippen LogP contribution in [0, 0.1) is 0 Å². The maximum absolute atomic E-state index is 12.7. The fraction of sp³-hybridized carbons (Fsp3) is 0.611. The van der Waals surface area contributed by atoms with Crippen molar-refractivity contribution < 1.29 is 14.6 Å². The molecule has 0 aromatic heterocycles. The van der Waals surface area contributed by atoms with E-state index in [1.165, 1.54) is 0 Å². The van der Waals surface area contributed by atoms with Crippen molar-refractivity contribution in [2.75, 3.05) is 0 Å². The lowest BCUT2D eigenvalue weighted by atomic mass is 10.1. The van der Waals surface area contributed by atoms with Gasteiger partial charge in [-0.1, -0.05) is 64.2 Å². The fourth-order valence-electron chi connectivity index (χ4n) is 2.43. The molecule has 4 heteroatoms. The van der Waals surface area contributed by atoms with Crippen LogP contribution in [0.3, 0.4) is 0 Å². The molecule has 124 valence electrons. The molecular formula is C18H30O3Si. The van der Waals surface area contributed by atoms with Crippen LogP contribution in [0.15, 0.2) is 30.3 Å². The number of carbonyl (C=O) groups excluding carboxylic acids is 1. The van der Waals surface area contributed by atoms with Crippen LogP contribution in [0.4, 0.5) is 0 Å². The van der Waals surface area contributed by atoms with Gasteiger partial charge in [0.05, 0.1) is 25.8 Å². The van der Waals surface area contributed by atoms with E-state index in [4.69, 9.17) is 4.74 Å². The molecule has 0 amide bonds. The SMILES string of the molecule is CC(C)OC(=O)C(C(O)c1ccccc1)[Si](C)(C)C(C)(C)C. The Hall–Kier alpha value is -1.13. The number of aliphatic hydroxyl groups is 1. The van der Waals surface area contributed by atoms with Gasteiger partial charge in [-0.15, -0.1) is 0 Å². The zero-order chi connectivity index (χ0) is 17.1. The standard InChI is InChI=1S/C18H30O3Si/c1-13(2)21-17(20)16(22(6,7)18(3,4)5)15(19)14-11-9-8-10-12-14/h8-13,15-16,19H,1-7H3. The second-order valence-corrected chi connectivity index (χ2v) is 13.4. The van der Waals surface area contributed by atoms with E-state index in [-0.39, 0.29) is 17.1 Å². The average molecular weight is 323 g/mol. The van der Waals surface area contributed by atoms with Crippen LogP contribution in [0.25, 0.3) is 0 Å². The highest BCUT2D eigenvalue weighted by Gasteiger charge is 2.50. The van der Waals surface area contributed by atoms with Crippen LogP contribution < -0.4 is 0 Å². The molecule has 0 saturated carbocycles. The summed E-state index contributed by atoms with van der Waals surface area (Å²) in [5.41, 5.74) is 0.287. The smallest absolute Gasteiger partial charge is 0.309 e. The highest BCUT2D eigenvalue weighted by atomic mass is 28.3. The van der Waals surface area contributed by atoms with Crippen molar-refractivity contribution in [1.82, 2.24) is 0 Å². The van der Waals surface area contributed by atoms with Crippen LogP contribution in [0.1, 0.15) is 46.3 Å². The Balaban J connectivity index is 3.25. The molecule has 22 heavy (non-hydrogen) atoms. The van der Waals surface area contributed by atoms with Gasteiger partial charge in [-0.05, 0) is 24.4 Å². The molecule has 1 N–H and O–H groups in total. The van der Waals surface area contributed by atoms with Crippen molar-refractivity contribution in [1.29, 1.82) is 0 Å². The van der Waals surface area contributed by atoms with E-state index >= 15 is 0 Å². The first-order valence-corrected chi connectivity index (χ1v) is 11.0. The van der Waals surface area contributed by atoms with Crippen molar-refractivity contribution in [3.05, 3.63) is 35.9 Å². The van der Waals surface area contributed by atoms with Crippen molar-refractivity contribution in [2.24, 2.45) is 0 Å². The summed E-state index contributed by atoms with van der Waals surface area (Å²) in [7, 11) is -2.13. The minimum absolute atomic E-state index is 0.0244. The Bertz CT molecular complexity index is 489. The first kappa shape index (κ1) is 18.9. The molecule has 3 nitrogen and oxygen atoms in total. The Kier molecular flexibility index (Phi) is 5.99. The van der Waals surface area contributed by atoms with Gasteiger partial charge < -0.3 is 9.84 Å². The third-order valence-electron chi connectivity index (χ3n) is 4.77. The second-order valence-electron chi connectivity index (χ2n) is 7.79. The van der Waals surface area contributed by atoms with E-state index in [9.17, 15) is 9.90 Å². The Morgan fingerprint density at radius 3 is 2.05 bits per heavy atom. The summed E-state index contributed by atoms with van der Waals surface area (Å²) < 4.78 is 5.47. The summed E-state index contributed by atoms with van der Waals surface area (Å²) in [6.45, 7) is 14.4. The number of ether oxygens (including phenoxy) is 1. The number of carbonyl (C=O) groups is 1. The summed E-state index contributed by atoms with van der Waals surface area (Å²) >= 11 is 0. The normalized spacial score (nSPS) is 15.5. The van der Waals surface area contributed by atoms with E-state index in [1.54, 1.807) is 0 Å². The molecule has 0 fully saturated rings. The third kappa shape index (κ3) is 4.20. The van der Waals surface area contributed by atoms with E-state index in [2.05, 4.69) is 33.9 Å². The lowest BCUT2D eigenvalue weighted by Gasteiger charge is -2.44. The van der Waals surface area contributed by atoms with Gasteiger partial charge >= 0.3 is 5.97 Å². The van der Waals surface area contributed by atoms with Gasteiger partial charge in [0.1, 0.15) is 0 Å². The zero-order valence-electron chi connectivity index (χ0n) is 14.9. The number of esters is 1. The average Bonchev–Trinajstić information content (AvgIpc) is 2.37. The van der Waals surface area contributed by atoms with Gasteiger partial charge in [-0.2, -0.15) is 0 Å². The van der Waals surface area contributed by atoms with Gasteiger partial charge in [0.25, 0.3) is 0 Å². The summed E-state index contributed by atoms with van der Waals surface area (Å²) in [6.07, 6.45) is -1.00. The molecule has 0 aliphatic rings. The van der Waals surface area contributed by atoms with Gasteiger partial charge in [-0.25, -0.2) is 0 Å². The molecule has 0 aliphatic heterocycles. The first-order valence-electron chi connectivity index (χ1n) is 7.92. The van der Waals surface area contributed by atoms with Crippen LogP contribution in [-0.2, 0) is 9.53 Å². The minimum Gasteiger partial charge on any atom is -0.463 e. The van der Waals surface area contributed by atoms with Crippen molar-refractivity contribution in [3.8, 4) is 0 Å². The number of hydrogen-bond acceptors (Lipinski definition) is 3. The molecule has 0 aliphatic carbocycles. The molecule has 0 spiro atoms. The molecule has 1 aromatic carbocycles. The van der Waals surface area contributed by atoms with E-state index in [0.29, 0.717) is 0 Å². The topological polar surface area (TPSA) is 46.5 Å². The number of hydrogen-bond donors (Lipinski definition) is 1. The Labute approximate surface area is 135 Å². The quantitative estimate of drug-likeness (QED) is 0.639. The van der Waals surface area contributed by atoms with Gasteiger partial charge in [0.15, 0.2) is 0 Å². The third-order valence-corrected chi connectivity index (χ3v) is 10.7. The summed E-state index contributed by atoms with van der Waals surface area (Å²) in [5, 5.41) is 10.9. The number of aliphatic hydroxyl groups excluding tert-OH is 1. The Morgan fingerprint density at radius 2 is 1.64 bits per heavy atom. The summed E-state index contributed by atoms with van der Waals surface area (Å²) in [6, 6.07) is 9.41. The van der Waals surface area contributed by atoms with E-state index in [0.717, 1.165) is 5.56 Å². The monoisotopic (exact) mass is 322 g/mol. The number of benzene rings is 1. The molecule has 0 heterocycles. The molecule has 1 rings (SSSR count). The highest BCUT2D eigenvalue weighted by molar-refractivity contribution is 6.84. The molecule has 2 unspecified atom stereocenters. The maximum atomic E-state index is 12.7. The second kappa shape index (κ2) is 6.96. The summed E-state index contributed by atoms with van der Waals surface area (Å²) in [4.78, 5) is 12.7. The number of rotatable bonds is 5. The fourth-order valence-corrected chi connectivity index (χ4v) is 5.01. The van der Waals surface area contributed by atoms with Crippen LogP contribution in [0.2, 0.25) is 23.7 Å². The predicted molar refractivity (Wildman–Crippen MR) is 93.6 cm³/mol. The van der Waals surface area contributed by atoms with Crippen molar-refractivity contribution in [2.45, 2.75) is 70.5 Å². The first-order chi connectivity index (χ1) is 9.98. The zero-order valence-corrected chi connectivity index (χ0v) is 15.9. The van der Waals surface area contributed by atoms with E-state index in [1.807, 2.05) is 44.2 Å². The lowest BCUT2D eigenvalue weighted by molar-refractivity contribution is -0.150. The molecule has 0 radical (unpaired) electrons. The summed E-state index contributed by atoms with van der Waals surface area (Å²) in [5.74, 6) is -0.280. The van der Waals surface area contributed by atoms with Crippen molar-refractivity contribution >= 4 is 14.0 Å².